The highest BCUT2D eigenvalue weighted by molar-refractivity contribution is 14.1. The molecular formula is C8H2Cl2FIN2. The van der Waals surface area contributed by atoms with E-state index in [1.807, 2.05) is 22.6 Å². The number of fused-ring (bicyclic) bond motifs is 1. The fraction of sp³-hybridized carbons (Fsp3) is 0. The first-order valence-corrected chi connectivity index (χ1v) is 5.39. The second-order valence-corrected chi connectivity index (χ2v) is 4.43. The van der Waals surface area contributed by atoms with Crippen molar-refractivity contribution in [1.29, 1.82) is 0 Å². The molecule has 0 N–H and O–H groups in total. The zero-order valence-corrected chi connectivity index (χ0v) is 10.2. The van der Waals surface area contributed by atoms with Gasteiger partial charge >= 0.3 is 0 Å². The Labute approximate surface area is 103 Å². The van der Waals surface area contributed by atoms with Crippen molar-refractivity contribution in [3.8, 4) is 0 Å². The first-order valence-electron chi connectivity index (χ1n) is 3.55. The summed E-state index contributed by atoms with van der Waals surface area (Å²) in [4.78, 5) is 0. The van der Waals surface area contributed by atoms with E-state index in [9.17, 15) is 4.39 Å². The molecule has 0 aliphatic carbocycles. The van der Waals surface area contributed by atoms with Crippen LogP contribution in [0.4, 0.5) is 4.39 Å². The van der Waals surface area contributed by atoms with Crippen molar-refractivity contribution in [1.82, 2.24) is 10.2 Å². The Morgan fingerprint density at radius 3 is 2.71 bits per heavy atom. The molecule has 2 nitrogen and oxygen atoms in total. The summed E-state index contributed by atoms with van der Waals surface area (Å²) in [5, 5.41) is 8.47. The van der Waals surface area contributed by atoms with Crippen LogP contribution in [0.1, 0.15) is 0 Å². The summed E-state index contributed by atoms with van der Waals surface area (Å²) in [5.74, 6) is -0.412. The molecule has 6 heteroatoms. The third-order valence-electron chi connectivity index (χ3n) is 1.75. The lowest BCUT2D eigenvalue weighted by atomic mass is 10.2. The lowest BCUT2D eigenvalue weighted by molar-refractivity contribution is 0.632. The molecule has 72 valence electrons. The minimum Gasteiger partial charge on any atom is -0.205 e. The minimum absolute atomic E-state index is 0.153. The van der Waals surface area contributed by atoms with Crippen LogP contribution in [-0.2, 0) is 0 Å². The molecule has 0 aliphatic heterocycles. The summed E-state index contributed by atoms with van der Waals surface area (Å²) in [6, 6.07) is 1.58. The van der Waals surface area contributed by atoms with E-state index in [-0.39, 0.29) is 5.15 Å². The van der Waals surface area contributed by atoms with Gasteiger partial charge in [0.1, 0.15) is 5.82 Å². The van der Waals surface area contributed by atoms with Gasteiger partial charge < -0.3 is 0 Å². The molecular weight excluding hydrogens is 341 g/mol. The lowest BCUT2D eigenvalue weighted by Crippen LogP contribution is -1.91. The number of rotatable bonds is 0. The Morgan fingerprint density at radius 1 is 1.29 bits per heavy atom. The van der Waals surface area contributed by atoms with Gasteiger partial charge in [-0.25, -0.2) is 4.39 Å². The Morgan fingerprint density at radius 2 is 2.00 bits per heavy atom. The van der Waals surface area contributed by atoms with Crippen LogP contribution in [0, 0.1) is 9.39 Å². The van der Waals surface area contributed by atoms with E-state index >= 15 is 0 Å². The number of hydrogen-bond acceptors (Lipinski definition) is 2. The lowest BCUT2D eigenvalue weighted by Gasteiger charge is -2.03. The monoisotopic (exact) mass is 342 g/mol. The maximum absolute atomic E-state index is 13.6. The number of benzene rings is 1. The fourth-order valence-corrected chi connectivity index (χ4v) is 1.94. The van der Waals surface area contributed by atoms with Crippen LogP contribution in [0.5, 0.6) is 0 Å². The Bertz CT molecular complexity index is 518. The minimum atomic E-state index is -0.412. The van der Waals surface area contributed by atoms with Crippen molar-refractivity contribution >= 4 is 56.6 Å². The average molecular weight is 343 g/mol. The van der Waals surface area contributed by atoms with Gasteiger partial charge in [-0.3, -0.25) is 0 Å². The smallest absolute Gasteiger partial charge is 0.159 e. The standard InChI is InChI=1S/C8H2Cl2FIN2/c9-5-1-3-4(6(11)7(5)12)2-13-14-8(3)10/h1-2H. The maximum atomic E-state index is 13.6. The SMILES string of the molecule is Fc1c(I)c(Cl)cc2c(Cl)nncc12. The highest BCUT2D eigenvalue weighted by Crippen LogP contribution is 2.31. The molecule has 2 rings (SSSR count). The van der Waals surface area contributed by atoms with E-state index < -0.39 is 5.82 Å². The topological polar surface area (TPSA) is 25.8 Å². The van der Waals surface area contributed by atoms with Gasteiger partial charge in [0.15, 0.2) is 5.15 Å². The predicted octanol–water partition coefficient (Wildman–Crippen LogP) is 3.68. The molecule has 0 bridgehead atoms. The molecule has 0 fully saturated rings. The summed E-state index contributed by atoms with van der Waals surface area (Å²) in [5.41, 5.74) is 0. The molecule has 0 spiro atoms. The summed E-state index contributed by atoms with van der Waals surface area (Å²) in [7, 11) is 0. The second-order valence-electron chi connectivity index (χ2n) is 2.58. The zero-order chi connectivity index (χ0) is 10.3. The van der Waals surface area contributed by atoms with Gasteiger partial charge in [0.2, 0.25) is 0 Å². The summed E-state index contributed by atoms with van der Waals surface area (Å²) in [6.07, 6.45) is 1.33. The normalized spacial score (nSPS) is 10.9. The molecule has 0 amide bonds. The first-order chi connectivity index (χ1) is 6.61. The quantitative estimate of drug-likeness (QED) is 0.539. The van der Waals surface area contributed by atoms with Gasteiger partial charge in [-0.1, -0.05) is 23.2 Å². The molecule has 0 aliphatic rings. The van der Waals surface area contributed by atoms with Crippen LogP contribution >= 0.6 is 45.8 Å². The van der Waals surface area contributed by atoms with Gasteiger partial charge in [0.25, 0.3) is 0 Å². The molecule has 0 saturated heterocycles. The van der Waals surface area contributed by atoms with E-state index in [0.29, 0.717) is 19.4 Å². The molecule has 0 atom stereocenters. The van der Waals surface area contributed by atoms with Crippen molar-refractivity contribution in [3.63, 3.8) is 0 Å². The molecule has 0 saturated carbocycles. The summed E-state index contributed by atoms with van der Waals surface area (Å²) < 4.78 is 14.0. The van der Waals surface area contributed by atoms with Crippen molar-refractivity contribution in [2.75, 3.05) is 0 Å². The fourth-order valence-electron chi connectivity index (χ4n) is 1.10. The Balaban J connectivity index is 2.98. The Hall–Kier alpha value is -0.200. The maximum Gasteiger partial charge on any atom is 0.159 e. The van der Waals surface area contributed by atoms with Crippen LogP contribution in [0.25, 0.3) is 10.8 Å². The molecule has 0 radical (unpaired) electrons. The third-order valence-corrected chi connectivity index (χ3v) is 3.71. The highest BCUT2D eigenvalue weighted by Gasteiger charge is 2.12. The van der Waals surface area contributed by atoms with Gasteiger partial charge in [-0.15, -0.1) is 5.10 Å². The molecule has 1 aromatic carbocycles. The summed E-state index contributed by atoms with van der Waals surface area (Å²) in [6.45, 7) is 0. The van der Waals surface area contributed by atoms with Crippen LogP contribution < -0.4 is 0 Å². The van der Waals surface area contributed by atoms with E-state index in [2.05, 4.69) is 10.2 Å². The van der Waals surface area contributed by atoms with Gasteiger partial charge in [-0.05, 0) is 28.7 Å². The van der Waals surface area contributed by atoms with E-state index in [0.717, 1.165) is 0 Å². The predicted molar refractivity (Wildman–Crippen MR) is 62.2 cm³/mol. The number of aromatic nitrogens is 2. The molecule has 2 aromatic rings. The van der Waals surface area contributed by atoms with Crippen LogP contribution in [0.3, 0.4) is 0 Å². The zero-order valence-electron chi connectivity index (χ0n) is 6.56. The van der Waals surface area contributed by atoms with Gasteiger partial charge in [-0.2, -0.15) is 5.10 Å². The van der Waals surface area contributed by atoms with Crippen LogP contribution in [0.2, 0.25) is 10.2 Å². The average Bonchev–Trinajstić information content (AvgIpc) is 2.17. The van der Waals surface area contributed by atoms with Crippen LogP contribution in [-0.4, -0.2) is 10.2 Å². The van der Waals surface area contributed by atoms with E-state index in [4.69, 9.17) is 23.2 Å². The summed E-state index contributed by atoms with van der Waals surface area (Å²) >= 11 is 13.4. The molecule has 1 heterocycles. The Kier molecular flexibility index (Phi) is 2.77. The van der Waals surface area contributed by atoms with Crippen LogP contribution in [0.15, 0.2) is 12.3 Å². The molecule has 0 unspecified atom stereocenters. The van der Waals surface area contributed by atoms with E-state index in [1.54, 1.807) is 6.07 Å². The molecule has 1 aromatic heterocycles. The second kappa shape index (κ2) is 3.75. The third kappa shape index (κ3) is 1.55. The number of halogens is 4. The van der Waals surface area contributed by atoms with Gasteiger partial charge in [0.05, 0.1) is 14.8 Å². The number of nitrogens with zero attached hydrogens (tertiary/aromatic N) is 2. The largest absolute Gasteiger partial charge is 0.205 e. The van der Waals surface area contributed by atoms with E-state index in [1.165, 1.54) is 6.20 Å². The van der Waals surface area contributed by atoms with Crippen molar-refractivity contribution < 1.29 is 4.39 Å². The highest BCUT2D eigenvalue weighted by atomic mass is 127. The van der Waals surface area contributed by atoms with Crippen molar-refractivity contribution in [2.24, 2.45) is 0 Å². The van der Waals surface area contributed by atoms with Gasteiger partial charge in [0, 0.05) is 10.8 Å². The number of hydrogen-bond donors (Lipinski definition) is 0. The molecule has 14 heavy (non-hydrogen) atoms. The first kappa shape index (κ1) is 10.3. The van der Waals surface area contributed by atoms with Crippen molar-refractivity contribution in [3.05, 3.63) is 31.8 Å². The van der Waals surface area contributed by atoms with Crippen molar-refractivity contribution in [2.45, 2.75) is 0 Å².